The first-order chi connectivity index (χ1) is 11.8. The van der Waals surface area contributed by atoms with E-state index in [-0.39, 0.29) is 11.8 Å². The highest BCUT2D eigenvalue weighted by Crippen LogP contribution is 2.29. The van der Waals surface area contributed by atoms with Crippen LogP contribution >= 0.6 is 0 Å². The highest BCUT2D eigenvalue weighted by molar-refractivity contribution is 5.87. The van der Waals surface area contributed by atoms with Gasteiger partial charge in [0.25, 0.3) is 0 Å². The van der Waals surface area contributed by atoms with E-state index in [9.17, 15) is 4.79 Å². The maximum absolute atomic E-state index is 13.3. The molecule has 24 heavy (non-hydrogen) atoms. The number of benzene rings is 2. The molecule has 3 nitrogen and oxygen atoms in total. The molecule has 2 aromatic carbocycles. The van der Waals surface area contributed by atoms with Gasteiger partial charge in [-0.05, 0) is 29.9 Å². The van der Waals surface area contributed by atoms with Crippen molar-refractivity contribution in [1.82, 2.24) is 4.90 Å². The smallest absolute Gasteiger partial charge is 0.234 e. The Hall–Kier alpha value is -2.13. The lowest BCUT2D eigenvalue weighted by molar-refractivity contribution is -0.134. The van der Waals surface area contributed by atoms with E-state index in [0.717, 1.165) is 43.7 Å². The van der Waals surface area contributed by atoms with Gasteiger partial charge >= 0.3 is 0 Å². The topological polar surface area (TPSA) is 29.5 Å². The molecule has 1 amide bonds. The minimum absolute atomic E-state index is 0.202. The van der Waals surface area contributed by atoms with Crippen LogP contribution in [-0.4, -0.2) is 37.6 Å². The fourth-order valence-electron chi connectivity index (χ4n) is 3.59. The summed E-state index contributed by atoms with van der Waals surface area (Å²) in [6.45, 7) is 2.36. The lowest BCUT2D eigenvalue weighted by Gasteiger charge is -2.35. The molecule has 0 aromatic heterocycles. The van der Waals surface area contributed by atoms with Crippen LogP contribution in [0.25, 0.3) is 0 Å². The molecule has 1 aliphatic heterocycles. The first-order valence-electron chi connectivity index (χ1n) is 8.67. The van der Waals surface area contributed by atoms with Crippen LogP contribution in [-0.2, 0) is 9.53 Å². The van der Waals surface area contributed by atoms with Gasteiger partial charge in [-0.15, -0.1) is 0 Å². The second-order valence-corrected chi connectivity index (χ2v) is 6.50. The van der Waals surface area contributed by atoms with Crippen LogP contribution in [0.3, 0.4) is 0 Å². The Morgan fingerprint density at radius 3 is 2.21 bits per heavy atom. The maximum atomic E-state index is 13.3. The number of hydrogen-bond acceptors (Lipinski definition) is 2. The Bertz CT molecular complexity index is 600. The van der Waals surface area contributed by atoms with Gasteiger partial charge in [-0.3, -0.25) is 4.79 Å². The van der Waals surface area contributed by atoms with Gasteiger partial charge in [0.2, 0.25) is 5.91 Å². The van der Waals surface area contributed by atoms with Crippen molar-refractivity contribution in [2.45, 2.75) is 18.8 Å². The fraction of sp³-hybridized carbons (Fsp3) is 0.381. The number of likely N-dealkylation sites (tertiary alicyclic amines) is 1. The molecule has 0 radical (unpaired) electrons. The molecule has 1 aliphatic rings. The SMILES string of the molecule is COC[C@@H]1CCCN(C(=O)C(c2ccccc2)c2ccccc2)C1. The van der Waals surface area contributed by atoms with Crippen LogP contribution in [0.1, 0.15) is 29.9 Å². The number of piperidine rings is 1. The molecule has 0 aliphatic carbocycles. The minimum atomic E-state index is -0.228. The van der Waals surface area contributed by atoms with E-state index in [1.54, 1.807) is 7.11 Å². The third kappa shape index (κ3) is 3.85. The summed E-state index contributed by atoms with van der Waals surface area (Å²) in [6, 6.07) is 20.2. The summed E-state index contributed by atoms with van der Waals surface area (Å²) < 4.78 is 5.30. The molecular formula is C21H25NO2. The summed E-state index contributed by atoms with van der Waals surface area (Å²) in [4.78, 5) is 15.4. The normalized spacial score (nSPS) is 17.9. The van der Waals surface area contributed by atoms with Gasteiger partial charge in [0, 0.05) is 20.2 Å². The van der Waals surface area contributed by atoms with Crippen molar-refractivity contribution in [2.24, 2.45) is 5.92 Å². The maximum Gasteiger partial charge on any atom is 0.234 e. The Morgan fingerprint density at radius 1 is 1.08 bits per heavy atom. The average Bonchev–Trinajstić information content (AvgIpc) is 2.64. The summed E-state index contributed by atoms with van der Waals surface area (Å²) in [6.07, 6.45) is 2.19. The molecule has 0 saturated carbocycles. The van der Waals surface area contributed by atoms with E-state index in [0.29, 0.717) is 5.92 Å². The molecule has 126 valence electrons. The predicted octanol–water partition coefficient (Wildman–Crippen LogP) is 3.70. The fourth-order valence-corrected chi connectivity index (χ4v) is 3.59. The highest BCUT2D eigenvalue weighted by Gasteiger charge is 2.30. The van der Waals surface area contributed by atoms with Crippen molar-refractivity contribution in [3.05, 3.63) is 71.8 Å². The first kappa shape index (κ1) is 16.7. The van der Waals surface area contributed by atoms with E-state index < -0.39 is 0 Å². The molecule has 2 aromatic rings. The zero-order valence-corrected chi connectivity index (χ0v) is 14.2. The van der Waals surface area contributed by atoms with E-state index in [1.165, 1.54) is 0 Å². The third-order valence-corrected chi connectivity index (χ3v) is 4.75. The van der Waals surface area contributed by atoms with Gasteiger partial charge < -0.3 is 9.64 Å². The molecule has 0 unspecified atom stereocenters. The van der Waals surface area contributed by atoms with Gasteiger partial charge in [0.1, 0.15) is 0 Å². The molecule has 0 N–H and O–H groups in total. The van der Waals surface area contributed by atoms with Crippen LogP contribution < -0.4 is 0 Å². The molecule has 3 rings (SSSR count). The van der Waals surface area contributed by atoms with E-state index in [4.69, 9.17) is 4.74 Å². The first-order valence-corrected chi connectivity index (χ1v) is 8.67. The largest absolute Gasteiger partial charge is 0.384 e. The van der Waals surface area contributed by atoms with Crippen molar-refractivity contribution in [2.75, 3.05) is 26.8 Å². The predicted molar refractivity (Wildman–Crippen MR) is 95.9 cm³/mol. The Morgan fingerprint density at radius 2 is 1.67 bits per heavy atom. The highest BCUT2D eigenvalue weighted by atomic mass is 16.5. The standard InChI is InChI=1S/C21H25NO2/c1-24-16-17-9-8-14-22(15-17)21(23)20(18-10-4-2-5-11-18)19-12-6-3-7-13-19/h2-7,10-13,17,20H,8-9,14-16H2,1H3/t17-/m1/s1. The van der Waals surface area contributed by atoms with Gasteiger partial charge in [-0.1, -0.05) is 60.7 Å². The lowest BCUT2D eigenvalue weighted by atomic mass is 9.88. The summed E-state index contributed by atoms with van der Waals surface area (Å²) >= 11 is 0. The molecule has 1 saturated heterocycles. The summed E-state index contributed by atoms with van der Waals surface area (Å²) in [5.41, 5.74) is 2.12. The number of carbonyl (C=O) groups excluding carboxylic acids is 1. The van der Waals surface area contributed by atoms with Crippen molar-refractivity contribution < 1.29 is 9.53 Å². The van der Waals surface area contributed by atoms with E-state index >= 15 is 0 Å². The van der Waals surface area contributed by atoms with Crippen molar-refractivity contribution in [3.8, 4) is 0 Å². The van der Waals surface area contributed by atoms with Crippen LogP contribution in [0, 0.1) is 5.92 Å². The van der Waals surface area contributed by atoms with Crippen LogP contribution in [0.15, 0.2) is 60.7 Å². The Balaban J connectivity index is 1.87. The zero-order chi connectivity index (χ0) is 16.8. The lowest BCUT2D eigenvalue weighted by Crippen LogP contribution is -2.43. The quantitative estimate of drug-likeness (QED) is 0.839. The van der Waals surface area contributed by atoms with Gasteiger partial charge in [-0.2, -0.15) is 0 Å². The molecule has 1 heterocycles. The summed E-state index contributed by atoms with van der Waals surface area (Å²) in [5.74, 6) is 0.418. The molecule has 0 bridgehead atoms. The molecular weight excluding hydrogens is 298 g/mol. The number of hydrogen-bond donors (Lipinski definition) is 0. The minimum Gasteiger partial charge on any atom is -0.384 e. The Kier molecular flexibility index (Phi) is 5.65. The van der Waals surface area contributed by atoms with Gasteiger partial charge in [-0.25, -0.2) is 0 Å². The molecule has 3 heteroatoms. The second-order valence-electron chi connectivity index (χ2n) is 6.50. The molecule has 1 atom stereocenters. The molecule has 1 fully saturated rings. The van der Waals surface area contributed by atoms with Gasteiger partial charge in [0.15, 0.2) is 0 Å². The number of methoxy groups -OCH3 is 1. The van der Waals surface area contributed by atoms with Crippen LogP contribution in [0.4, 0.5) is 0 Å². The summed E-state index contributed by atoms with van der Waals surface area (Å²) in [7, 11) is 1.73. The number of nitrogens with zero attached hydrogens (tertiary/aromatic N) is 1. The number of carbonyl (C=O) groups is 1. The third-order valence-electron chi connectivity index (χ3n) is 4.75. The number of amides is 1. The van der Waals surface area contributed by atoms with Crippen LogP contribution in [0.5, 0.6) is 0 Å². The van der Waals surface area contributed by atoms with E-state index in [2.05, 4.69) is 0 Å². The van der Waals surface area contributed by atoms with Crippen molar-refractivity contribution in [1.29, 1.82) is 0 Å². The second kappa shape index (κ2) is 8.11. The monoisotopic (exact) mass is 323 g/mol. The zero-order valence-electron chi connectivity index (χ0n) is 14.2. The summed E-state index contributed by atoms with van der Waals surface area (Å²) in [5, 5.41) is 0. The van der Waals surface area contributed by atoms with Crippen molar-refractivity contribution in [3.63, 3.8) is 0 Å². The average molecular weight is 323 g/mol. The number of rotatable bonds is 5. The Labute approximate surface area is 144 Å². The van der Waals surface area contributed by atoms with Crippen LogP contribution in [0.2, 0.25) is 0 Å². The van der Waals surface area contributed by atoms with Crippen molar-refractivity contribution >= 4 is 5.91 Å². The number of ether oxygens (including phenoxy) is 1. The van der Waals surface area contributed by atoms with E-state index in [1.807, 2.05) is 65.6 Å². The molecule has 0 spiro atoms. The van der Waals surface area contributed by atoms with Gasteiger partial charge in [0.05, 0.1) is 12.5 Å².